The van der Waals surface area contributed by atoms with E-state index < -0.39 is 5.41 Å². The molecule has 0 unspecified atom stereocenters. The van der Waals surface area contributed by atoms with Crippen LogP contribution in [0.4, 0.5) is 5.69 Å². The molecule has 0 saturated heterocycles. The number of ether oxygens (including phenoxy) is 1. The van der Waals surface area contributed by atoms with E-state index in [1.165, 1.54) is 0 Å². The molecule has 1 aliphatic rings. The lowest BCUT2D eigenvalue weighted by Crippen LogP contribution is -2.43. The van der Waals surface area contributed by atoms with Crippen molar-refractivity contribution in [3.63, 3.8) is 0 Å². The van der Waals surface area contributed by atoms with Crippen LogP contribution in [0.5, 0.6) is 0 Å². The Kier molecular flexibility index (Phi) is 3.43. The van der Waals surface area contributed by atoms with Gasteiger partial charge >= 0.3 is 5.97 Å². The highest BCUT2D eigenvalue weighted by atomic mass is 79.9. The predicted molar refractivity (Wildman–Crippen MR) is 70.7 cm³/mol. The topological polar surface area (TPSA) is 52.3 Å². The maximum Gasteiger partial charge on any atom is 0.316 e. The van der Waals surface area contributed by atoms with Gasteiger partial charge in [0.1, 0.15) is 0 Å². The summed E-state index contributed by atoms with van der Waals surface area (Å²) in [5.74, 6) is -0.108. The average Bonchev–Trinajstić information content (AvgIpc) is 2.22. The average molecular weight is 298 g/mol. The van der Waals surface area contributed by atoms with E-state index >= 15 is 0 Å². The number of nitrogen functional groups attached to an aromatic ring is 1. The van der Waals surface area contributed by atoms with Gasteiger partial charge in [-0.1, -0.05) is 12.5 Å². The number of hydrogen-bond acceptors (Lipinski definition) is 3. The predicted octanol–water partition coefficient (Wildman–Crippen LogP) is 3.02. The van der Waals surface area contributed by atoms with Crippen molar-refractivity contribution in [2.45, 2.75) is 31.6 Å². The summed E-state index contributed by atoms with van der Waals surface area (Å²) >= 11 is 3.40. The zero-order chi connectivity index (χ0) is 12.5. The first kappa shape index (κ1) is 12.4. The summed E-state index contributed by atoms with van der Waals surface area (Å²) in [6.07, 6.45) is 2.80. The fourth-order valence-electron chi connectivity index (χ4n) is 2.24. The zero-order valence-electron chi connectivity index (χ0n) is 9.83. The Labute approximate surface area is 109 Å². The zero-order valence-corrected chi connectivity index (χ0v) is 11.4. The number of esters is 1. The maximum atomic E-state index is 12.1. The van der Waals surface area contributed by atoms with Crippen LogP contribution >= 0.6 is 15.9 Å². The molecule has 1 aromatic carbocycles. The lowest BCUT2D eigenvalue weighted by molar-refractivity contribution is -0.153. The number of halogens is 1. The Hall–Kier alpha value is -1.03. The second kappa shape index (κ2) is 4.69. The number of rotatable bonds is 3. The Bertz CT molecular complexity index is 441. The molecule has 1 saturated carbocycles. The molecule has 0 atom stereocenters. The molecule has 0 amide bonds. The van der Waals surface area contributed by atoms with Crippen LogP contribution in [0, 0.1) is 0 Å². The van der Waals surface area contributed by atoms with Gasteiger partial charge in [-0.15, -0.1) is 0 Å². The highest BCUT2D eigenvalue weighted by Gasteiger charge is 2.47. The van der Waals surface area contributed by atoms with Crippen LogP contribution in [-0.4, -0.2) is 12.6 Å². The first-order valence-corrected chi connectivity index (χ1v) is 6.62. The van der Waals surface area contributed by atoms with Crippen LogP contribution in [-0.2, 0) is 14.9 Å². The van der Waals surface area contributed by atoms with Gasteiger partial charge in [-0.3, -0.25) is 4.79 Å². The summed E-state index contributed by atoms with van der Waals surface area (Å²) in [6, 6.07) is 5.69. The standard InChI is InChI=1S/C13H16BrNO2/c1-2-17-12(16)13(6-3-7-13)9-4-5-11(15)10(14)8-9/h4-5,8H,2-3,6-7,15H2,1H3. The number of carbonyl (C=O) groups excluding carboxylic acids is 1. The molecule has 17 heavy (non-hydrogen) atoms. The van der Waals surface area contributed by atoms with Crippen molar-refractivity contribution in [2.75, 3.05) is 12.3 Å². The van der Waals surface area contributed by atoms with Crippen LogP contribution < -0.4 is 5.73 Å². The molecular formula is C13H16BrNO2. The fraction of sp³-hybridized carbons (Fsp3) is 0.462. The molecule has 0 bridgehead atoms. The minimum atomic E-state index is -0.438. The van der Waals surface area contributed by atoms with E-state index in [1.54, 1.807) is 0 Å². The smallest absolute Gasteiger partial charge is 0.316 e. The Balaban J connectivity index is 2.34. The van der Waals surface area contributed by atoms with Gasteiger partial charge in [-0.25, -0.2) is 0 Å². The fourth-order valence-corrected chi connectivity index (χ4v) is 2.61. The normalized spacial score (nSPS) is 17.3. The third-order valence-corrected chi connectivity index (χ3v) is 4.11. The van der Waals surface area contributed by atoms with Crippen molar-refractivity contribution >= 4 is 27.6 Å². The minimum Gasteiger partial charge on any atom is -0.465 e. The van der Waals surface area contributed by atoms with Gasteiger partial charge in [0, 0.05) is 10.2 Å². The first-order chi connectivity index (χ1) is 8.10. The van der Waals surface area contributed by atoms with E-state index in [1.807, 2.05) is 25.1 Å². The van der Waals surface area contributed by atoms with Crippen molar-refractivity contribution in [3.05, 3.63) is 28.2 Å². The lowest BCUT2D eigenvalue weighted by Gasteiger charge is -2.39. The third kappa shape index (κ3) is 2.06. The molecule has 1 aliphatic carbocycles. The van der Waals surface area contributed by atoms with Crippen LogP contribution in [0.2, 0.25) is 0 Å². The highest BCUT2D eigenvalue weighted by molar-refractivity contribution is 9.10. The maximum absolute atomic E-state index is 12.1. The van der Waals surface area contributed by atoms with Crippen molar-refractivity contribution in [2.24, 2.45) is 0 Å². The molecule has 0 heterocycles. The molecule has 4 heteroatoms. The lowest BCUT2D eigenvalue weighted by atomic mass is 9.64. The summed E-state index contributed by atoms with van der Waals surface area (Å²) in [6.45, 7) is 2.26. The second-order valence-corrected chi connectivity index (χ2v) is 5.25. The Morgan fingerprint density at radius 3 is 2.71 bits per heavy atom. The largest absolute Gasteiger partial charge is 0.465 e. The molecule has 1 fully saturated rings. The van der Waals surface area contributed by atoms with E-state index in [4.69, 9.17) is 10.5 Å². The number of carbonyl (C=O) groups is 1. The Morgan fingerprint density at radius 2 is 2.24 bits per heavy atom. The van der Waals surface area contributed by atoms with E-state index in [-0.39, 0.29) is 5.97 Å². The minimum absolute atomic E-state index is 0.108. The van der Waals surface area contributed by atoms with Crippen molar-refractivity contribution in [3.8, 4) is 0 Å². The van der Waals surface area contributed by atoms with Gasteiger partial charge in [0.15, 0.2) is 0 Å². The highest BCUT2D eigenvalue weighted by Crippen LogP contribution is 2.45. The van der Waals surface area contributed by atoms with Crippen LogP contribution in [0.25, 0.3) is 0 Å². The van der Waals surface area contributed by atoms with E-state index in [0.29, 0.717) is 12.3 Å². The van der Waals surface area contributed by atoms with E-state index in [9.17, 15) is 4.79 Å². The van der Waals surface area contributed by atoms with Gasteiger partial charge in [0.05, 0.1) is 12.0 Å². The van der Waals surface area contributed by atoms with Crippen LogP contribution in [0.3, 0.4) is 0 Å². The summed E-state index contributed by atoms with van der Waals surface area (Å²) in [7, 11) is 0. The van der Waals surface area contributed by atoms with Crippen molar-refractivity contribution < 1.29 is 9.53 Å². The van der Waals surface area contributed by atoms with Crippen molar-refractivity contribution in [1.82, 2.24) is 0 Å². The second-order valence-electron chi connectivity index (χ2n) is 4.39. The monoisotopic (exact) mass is 297 g/mol. The number of anilines is 1. The summed E-state index contributed by atoms with van der Waals surface area (Å²) in [4.78, 5) is 12.1. The molecule has 0 aliphatic heterocycles. The number of hydrogen-bond donors (Lipinski definition) is 1. The van der Waals surface area contributed by atoms with Gasteiger partial charge in [0.2, 0.25) is 0 Å². The summed E-state index contributed by atoms with van der Waals surface area (Å²) < 4.78 is 6.03. The molecule has 0 spiro atoms. The summed E-state index contributed by atoms with van der Waals surface area (Å²) in [5.41, 5.74) is 7.02. The SMILES string of the molecule is CCOC(=O)C1(c2ccc(N)c(Br)c2)CCC1. The van der Waals surface area contributed by atoms with Gasteiger partial charge in [0.25, 0.3) is 0 Å². The third-order valence-electron chi connectivity index (χ3n) is 3.43. The molecule has 92 valence electrons. The molecule has 0 aromatic heterocycles. The van der Waals surface area contributed by atoms with E-state index in [0.717, 1.165) is 29.3 Å². The van der Waals surface area contributed by atoms with Gasteiger partial charge < -0.3 is 10.5 Å². The van der Waals surface area contributed by atoms with Gasteiger partial charge in [-0.2, -0.15) is 0 Å². The van der Waals surface area contributed by atoms with Gasteiger partial charge in [-0.05, 0) is 53.4 Å². The quantitative estimate of drug-likeness (QED) is 0.689. The molecule has 2 rings (SSSR count). The van der Waals surface area contributed by atoms with Crippen molar-refractivity contribution in [1.29, 1.82) is 0 Å². The molecule has 1 aromatic rings. The molecule has 3 nitrogen and oxygen atoms in total. The first-order valence-electron chi connectivity index (χ1n) is 5.83. The Morgan fingerprint density at radius 1 is 1.53 bits per heavy atom. The van der Waals surface area contributed by atoms with Crippen LogP contribution in [0.15, 0.2) is 22.7 Å². The number of nitrogens with two attached hydrogens (primary N) is 1. The molecule has 0 radical (unpaired) electrons. The summed E-state index contributed by atoms with van der Waals surface area (Å²) in [5, 5.41) is 0. The van der Waals surface area contributed by atoms with Crippen LogP contribution in [0.1, 0.15) is 31.7 Å². The van der Waals surface area contributed by atoms with E-state index in [2.05, 4.69) is 15.9 Å². The molecule has 2 N–H and O–H groups in total. The number of benzene rings is 1. The molecular weight excluding hydrogens is 282 g/mol.